The van der Waals surface area contributed by atoms with Crippen molar-refractivity contribution in [3.8, 4) is 11.5 Å². The molecule has 27 heavy (non-hydrogen) atoms. The Labute approximate surface area is 156 Å². The number of hydrogen-bond acceptors (Lipinski definition) is 4. The number of hydrogen-bond donors (Lipinski definition) is 1. The Morgan fingerprint density at radius 3 is 2.48 bits per heavy atom. The predicted octanol–water partition coefficient (Wildman–Crippen LogP) is 4.61. The molecule has 0 aliphatic carbocycles. The van der Waals surface area contributed by atoms with Gasteiger partial charge in [0.25, 0.3) is 5.91 Å². The summed E-state index contributed by atoms with van der Waals surface area (Å²) >= 11 is 0. The van der Waals surface area contributed by atoms with Crippen molar-refractivity contribution in [2.24, 2.45) is 5.16 Å². The van der Waals surface area contributed by atoms with Gasteiger partial charge in [-0.25, -0.2) is 4.39 Å². The molecule has 1 amide bonds. The normalized spacial score (nSPS) is 10.6. The Kier molecular flexibility index (Phi) is 6.14. The van der Waals surface area contributed by atoms with Gasteiger partial charge in [0.05, 0.1) is 6.21 Å². The van der Waals surface area contributed by atoms with Crippen LogP contribution >= 0.6 is 0 Å². The fraction of sp³-hybridized carbons (Fsp3) is 0.0476. The lowest BCUT2D eigenvalue weighted by molar-refractivity contribution is -0.120. The number of ether oxygens (including phenoxy) is 1. The van der Waals surface area contributed by atoms with E-state index in [1.807, 2.05) is 30.3 Å². The van der Waals surface area contributed by atoms with Crippen molar-refractivity contribution < 1.29 is 18.8 Å². The minimum Gasteiger partial charge on any atom is -0.457 e. The third-order valence-corrected chi connectivity index (χ3v) is 3.44. The van der Waals surface area contributed by atoms with Crippen molar-refractivity contribution in [2.45, 2.75) is 0 Å². The van der Waals surface area contributed by atoms with Crippen LogP contribution in [0.1, 0.15) is 5.56 Å². The molecular formula is C21H17FN2O3. The molecule has 0 atom stereocenters. The number of nitrogens with one attached hydrogen (secondary N) is 1. The first-order valence-corrected chi connectivity index (χ1v) is 8.23. The van der Waals surface area contributed by atoms with Gasteiger partial charge in [0.1, 0.15) is 17.3 Å². The van der Waals surface area contributed by atoms with Crippen LogP contribution < -0.4 is 10.1 Å². The molecule has 0 aliphatic rings. The third kappa shape index (κ3) is 5.97. The summed E-state index contributed by atoms with van der Waals surface area (Å²) in [5, 5.41) is 6.40. The first kappa shape index (κ1) is 18.1. The maximum atomic E-state index is 12.8. The molecule has 0 saturated heterocycles. The highest BCUT2D eigenvalue weighted by molar-refractivity contribution is 5.92. The minimum absolute atomic E-state index is 0.249. The Morgan fingerprint density at radius 2 is 1.70 bits per heavy atom. The fourth-order valence-corrected chi connectivity index (χ4v) is 2.20. The summed E-state index contributed by atoms with van der Waals surface area (Å²) in [6, 6.07) is 22.1. The largest absolute Gasteiger partial charge is 0.457 e. The molecule has 0 unspecified atom stereocenters. The maximum absolute atomic E-state index is 12.8. The number of carbonyl (C=O) groups is 1. The Balaban J connectivity index is 1.49. The summed E-state index contributed by atoms with van der Waals surface area (Å²) in [5.74, 6) is 0.628. The van der Waals surface area contributed by atoms with Gasteiger partial charge in [-0.3, -0.25) is 4.79 Å². The average Bonchev–Trinajstić information content (AvgIpc) is 2.68. The predicted molar refractivity (Wildman–Crippen MR) is 102 cm³/mol. The standard InChI is InChI=1S/C21H17FN2O3/c22-17-11-9-16(10-12-17)14-23-26-15-21(25)24-18-5-4-8-20(13-18)27-19-6-2-1-3-7-19/h1-14H,15H2,(H,24,25). The van der Waals surface area contributed by atoms with E-state index in [2.05, 4.69) is 10.5 Å². The molecule has 1 N–H and O–H groups in total. The highest BCUT2D eigenvalue weighted by Gasteiger charge is 2.04. The molecule has 3 aromatic carbocycles. The van der Waals surface area contributed by atoms with Gasteiger partial charge in [-0.15, -0.1) is 0 Å². The number of benzene rings is 3. The quantitative estimate of drug-likeness (QED) is 0.492. The lowest BCUT2D eigenvalue weighted by atomic mass is 10.2. The summed E-state index contributed by atoms with van der Waals surface area (Å²) < 4.78 is 18.5. The zero-order chi connectivity index (χ0) is 18.9. The number of anilines is 1. The van der Waals surface area contributed by atoms with Crippen LogP contribution in [0.5, 0.6) is 11.5 Å². The van der Waals surface area contributed by atoms with Gasteiger partial charge in [-0.1, -0.05) is 41.6 Å². The van der Waals surface area contributed by atoms with E-state index >= 15 is 0 Å². The van der Waals surface area contributed by atoms with E-state index in [-0.39, 0.29) is 18.3 Å². The maximum Gasteiger partial charge on any atom is 0.265 e. The van der Waals surface area contributed by atoms with Gasteiger partial charge < -0.3 is 14.9 Å². The number of carbonyl (C=O) groups excluding carboxylic acids is 1. The van der Waals surface area contributed by atoms with Crippen LogP contribution in [-0.4, -0.2) is 18.7 Å². The van der Waals surface area contributed by atoms with Gasteiger partial charge >= 0.3 is 0 Å². The van der Waals surface area contributed by atoms with E-state index in [0.717, 1.165) is 0 Å². The van der Waals surface area contributed by atoms with Crippen LogP contribution in [0.4, 0.5) is 10.1 Å². The number of halogens is 1. The second-order valence-electron chi connectivity index (χ2n) is 5.55. The van der Waals surface area contributed by atoms with Crippen molar-refractivity contribution in [3.05, 3.63) is 90.2 Å². The second kappa shape index (κ2) is 9.15. The lowest BCUT2D eigenvalue weighted by Gasteiger charge is -2.08. The van der Waals surface area contributed by atoms with E-state index in [0.29, 0.717) is 22.7 Å². The number of rotatable bonds is 7. The number of nitrogens with zero attached hydrogens (tertiary/aromatic N) is 1. The SMILES string of the molecule is O=C(CON=Cc1ccc(F)cc1)Nc1cccc(Oc2ccccc2)c1. The monoisotopic (exact) mass is 364 g/mol. The van der Waals surface area contributed by atoms with E-state index < -0.39 is 0 Å². The van der Waals surface area contributed by atoms with Crippen LogP contribution in [0.3, 0.4) is 0 Å². The number of amides is 1. The highest BCUT2D eigenvalue weighted by Crippen LogP contribution is 2.23. The molecule has 6 heteroatoms. The first-order valence-electron chi connectivity index (χ1n) is 8.23. The molecule has 3 aromatic rings. The smallest absolute Gasteiger partial charge is 0.265 e. The van der Waals surface area contributed by atoms with Gasteiger partial charge in [0, 0.05) is 11.8 Å². The minimum atomic E-state index is -0.358. The van der Waals surface area contributed by atoms with E-state index in [4.69, 9.17) is 9.57 Å². The van der Waals surface area contributed by atoms with Crippen molar-refractivity contribution >= 4 is 17.8 Å². The molecule has 0 saturated carbocycles. The first-order chi connectivity index (χ1) is 13.2. The molecule has 3 rings (SSSR count). The van der Waals surface area contributed by atoms with Crippen LogP contribution in [0.25, 0.3) is 0 Å². The molecule has 5 nitrogen and oxygen atoms in total. The molecule has 0 aromatic heterocycles. The molecule has 0 aliphatic heterocycles. The number of oxime groups is 1. The third-order valence-electron chi connectivity index (χ3n) is 3.44. The second-order valence-corrected chi connectivity index (χ2v) is 5.55. The zero-order valence-corrected chi connectivity index (χ0v) is 14.3. The van der Waals surface area contributed by atoms with Crippen LogP contribution in [0, 0.1) is 5.82 Å². The molecule has 0 heterocycles. The Hall–Kier alpha value is -3.67. The van der Waals surface area contributed by atoms with Crippen molar-refractivity contribution in [1.82, 2.24) is 0 Å². The Morgan fingerprint density at radius 1 is 0.963 bits per heavy atom. The van der Waals surface area contributed by atoms with Gasteiger partial charge in [0.2, 0.25) is 0 Å². The summed E-state index contributed by atoms with van der Waals surface area (Å²) in [6.07, 6.45) is 1.40. The van der Waals surface area contributed by atoms with Crippen LogP contribution in [0.2, 0.25) is 0 Å². The van der Waals surface area contributed by atoms with Crippen molar-refractivity contribution in [3.63, 3.8) is 0 Å². The van der Waals surface area contributed by atoms with Crippen molar-refractivity contribution in [2.75, 3.05) is 11.9 Å². The molecule has 0 radical (unpaired) electrons. The summed E-state index contributed by atoms with van der Waals surface area (Å²) in [7, 11) is 0. The molecule has 0 fully saturated rings. The Bertz CT molecular complexity index is 912. The zero-order valence-electron chi connectivity index (χ0n) is 14.3. The van der Waals surface area contributed by atoms with Gasteiger partial charge in [0.15, 0.2) is 6.61 Å². The molecule has 0 bridgehead atoms. The van der Waals surface area contributed by atoms with Crippen LogP contribution in [-0.2, 0) is 9.63 Å². The van der Waals surface area contributed by atoms with Gasteiger partial charge in [-0.2, -0.15) is 0 Å². The van der Waals surface area contributed by atoms with Gasteiger partial charge in [-0.05, 0) is 42.0 Å². The molecule has 136 valence electrons. The van der Waals surface area contributed by atoms with E-state index in [1.165, 1.54) is 18.3 Å². The molecule has 0 spiro atoms. The topological polar surface area (TPSA) is 59.9 Å². The molecular weight excluding hydrogens is 347 g/mol. The lowest BCUT2D eigenvalue weighted by Crippen LogP contribution is -2.16. The summed E-state index contributed by atoms with van der Waals surface area (Å²) in [5.41, 5.74) is 1.25. The fourth-order valence-electron chi connectivity index (χ4n) is 2.20. The van der Waals surface area contributed by atoms with Crippen molar-refractivity contribution in [1.29, 1.82) is 0 Å². The summed E-state index contributed by atoms with van der Waals surface area (Å²) in [4.78, 5) is 16.9. The number of para-hydroxylation sites is 1. The van der Waals surface area contributed by atoms with E-state index in [1.54, 1.807) is 36.4 Å². The average molecular weight is 364 g/mol. The summed E-state index contributed by atoms with van der Waals surface area (Å²) in [6.45, 7) is -0.249. The highest BCUT2D eigenvalue weighted by atomic mass is 19.1. The van der Waals surface area contributed by atoms with E-state index in [9.17, 15) is 9.18 Å². The van der Waals surface area contributed by atoms with Crippen LogP contribution in [0.15, 0.2) is 84.0 Å².